The molecule has 74 valence electrons. The molecule has 0 saturated heterocycles. The van der Waals surface area contributed by atoms with Crippen molar-refractivity contribution < 1.29 is 8.78 Å². The van der Waals surface area contributed by atoms with Crippen LogP contribution in [-0.2, 0) is 0 Å². The van der Waals surface area contributed by atoms with Gasteiger partial charge in [0.1, 0.15) is 0 Å². The maximum Gasteiger partial charge on any atom is 0.264 e. The maximum atomic E-state index is 12.6. The van der Waals surface area contributed by atoms with Gasteiger partial charge in [0.25, 0.3) is 6.43 Å². The van der Waals surface area contributed by atoms with Gasteiger partial charge in [-0.3, -0.25) is 0 Å². The van der Waals surface area contributed by atoms with Gasteiger partial charge in [0.15, 0.2) is 0 Å². The molecule has 0 radical (unpaired) electrons. The fourth-order valence-electron chi connectivity index (χ4n) is 1.32. The zero-order valence-electron chi connectivity index (χ0n) is 6.93. The molecule has 2 aromatic rings. The van der Waals surface area contributed by atoms with E-state index in [9.17, 15) is 8.78 Å². The fraction of sp³-hybridized carbons (Fsp3) is 0.111. The Morgan fingerprint density at radius 3 is 2.71 bits per heavy atom. The lowest BCUT2D eigenvalue weighted by atomic mass is 10.1. The summed E-state index contributed by atoms with van der Waals surface area (Å²) in [5.41, 5.74) is 5.62. The number of fused-ring (bicyclic) bond motifs is 1. The van der Waals surface area contributed by atoms with Crippen LogP contribution in [0.1, 0.15) is 12.0 Å². The van der Waals surface area contributed by atoms with E-state index in [1.807, 2.05) is 0 Å². The van der Waals surface area contributed by atoms with Crippen LogP contribution in [0, 0.1) is 0 Å². The first-order chi connectivity index (χ1) is 6.59. The summed E-state index contributed by atoms with van der Waals surface area (Å²) in [7, 11) is 0. The molecule has 1 aromatic heterocycles. The third-order valence-electron chi connectivity index (χ3n) is 1.92. The van der Waals surface area contributed by atoms with Crippen molar-refractivity contribution in [3.63, 3.8) is 0 Å². The lowest BCUT2D eigenvalue weighted by Crippen LogP contribution is -1.84. The molecular weight excluding hydrogens is 272 g/mol. The molecule has 0 bridgehead atoms. The molecule has 1 aromatic carbocycles. The number of alkyl halides is 2. The second-order valence-corrected chi connectivity index (χ2v) is 4.77. The van der Waals surface area contributed by atoms with E-state index < -0.39 is 6.43 Å². The number of nitrogens with two attached hydrogens (primary N) is 1. The summed E-state index contributed by atoms with van der Waals surface area (Å²) in [5.74, 6) is 0. The van der Waals surface area contributed by atoms with E-state index in [0.717, 1.165) is 9.17 Å². The van der Waals surface area contributed by atoms with Gasteiger partial charge in [-0.2, -0.15) is 0 Å². The number of benzene rings is 1. The number of hydrogen-bond acceptors (Lipinski definition) is 2. The molecule has 14 heavy (non-hydrogen) atoms. The molecular formula is C9H6BrF2NS. The number of rotatable bonds is 1. The van der Waals surface area contributed by atoms with Crippen molar-refractivity contribution in [3.8, 4) is 0 Å². The van der Waals surface area contributed by atoms with Crippen molar-refractivity contribution in [3.05, 3.63) is 28.2 Å². The molecule has 0 saturated carbocycles. The van der Waals surface area contributed by atoms with E-state index in [1.54, 1.807) is 12.1 Å². The van der Waals surface area contributed by atoms with Gasteiger partial charge in [-0.1, -0.05) is 6.07 Å². The minimum Gasteiger partial charge on any atom is -0.391 e. The minimum atomic E-state index is -2.46. The van der Waals surface area contributed by atoms with Crippen LogP contribution in [0.25, 0.3) is 10.1 Å². The van der Waals surface area contributed by atoms with Crippen LogP contribution in [0.5, 0.6) is 0 Å². The van der Waals surface area contributed by atoms with E-state index in [1.165, 1.54) is 17.4 Å². The molecule has 0 spiro atoms. The van der Waals surface area contributed by atoms with Gasteiger partial charge >= 0.3 is 0 Å². The van der Waals surface area contributed by atoms with E-state index in [4.69, 9.17) is 5.73 Å². The Morgan fingerprint density at radius 2 is 2.07 bits per heavy atom. The van der Waals surface area contributed by atoms with E-state index in [-0.39, 0.29) is 5.56 Å². The summed E-state index contributed by atoms with van der Waals surface area (Å²) in [6, 6.07) is 4.63. The molecule has 0 amide bonds. The lowest BCUT2D eigenvalue weighted by Gasteiger charge is -2.02. The summed E-state index contributed by atoms with van der Waals surface area (Å²) in [4.78, 5) is 0. The van der Waals surface area contributed by atoms with Gasteiger partial charge in [-0.05, 0) is 28.1 Å². The van der Waals surface area contributed by atoms with Crippen molar-refractivity contribution in [1.82, 2.24) is 0 Å². The average Bonchev–Trinajstić information content (AvgIpc) is 2.47. The maximum absolute atomic E-state index is 12.6. The van der Waals surface area contributed by atoms with Gasteiger partial charge < -0.3 is 5.73 Å². The van der Waals surface area contributed by atoms with Crippen molar-refractivity contribution in [2.45, 2.75) is 6.43 Å². The quantitative estimate of drug-likeness (QED) is 0.831. The number of hydrogen-bond donors (Lipinski definition) is 1. The summed E-state index contributed by atoms with van der Waals surface area (Å²) >= 11 is 4.61. The highest BCUT2D eigenvalue weighted by Gasteiger charge is 2.14. The zero-order chi connectivity index (χ0) is 10.3. The fourth-order valence-corrected chi connectivity index (χ4v) is 2.77. The van der Waals surface area contributed by atoms with Crippen LogP contribution < -0.4 is 5.73 Å². The number of halogens is 3. The second-order valence-electron chi connectivity index (χ2n) is 2.83. The third kappa shape index (κ3) is 1.50. The third-order valence-corrected chi connectivity index (χ3v) is 3.84. The van der Waals surface area contributed by atoms with Gasteiger partial charge in [0.05, 0.1) is 9.70 Å². The standard InChI is InChI=1S/C9H6BrF2NS/c10-6-2-1-4(9(11)12)5-3-7(13)14-8(5)6/h1-3,9H,13H2. The van der Waals surface area contributed by atoms with Gasteiger partial charge in [0.2, 0.25) is 0 Å². The number of anilines is 1. The zero-order valence-corrected chi connectivity index (χ0v) is 9.33. The topological polar surface area (TPSA) is 26.0 Å². The van der Waals surface area contributed by atoms with Crippen LogP contribution in [0.15, 0.2) is 22.7 Å². The summed E-state index contributed by atoms with van der Waals surface area (Å²) in [6.07, 6.45) is -2.46. The Hall–Kier alpha value is -0.680. The van der Waals surface area contributed by atoms with Crippen molar-refractivity contribution in [2.24, 2.45) is 0 Å². The highest BCUT2D eigenvalue weighted by molar-refractivity contribution is 9.10. The molecule has 0 fully saturated rings. The molecule has 0 aliphatic rings. The first-order valence-corrected chi connectivity index (χ1v) is 5.46. The first kappa shape index (κ1) is 9.86. The monoisotopic (exact) mass is 277 g/mol. The second kappa shape index (κ2) is 3.47. The molecule has 2 N–H and O–H groups in total. The number of nitrogen functional groups attached to an aromatic ring is 1. The largest absolute Gasteiger partial charge is 0.391 e. The van der Waals surface area contributed by atoms with Crippen LogP contribution >= 0.6 is 27.3 Å². The predicted octanol–water partition coefficient (Wildman–Crippen LogP) is 4.18. The normalized spacial score (nSPS) is 11.4. The van der Waals surface area contributed by atoms with E-state index in [2.05, 4.69) is 15.9 Å². The van der Waals surface area contributed by atoms with Crippen LogP contribution in [0.4, 0.5) is 13.8 Å². The predicted molar refractivity (Wildman–Crippen MR) is 58.9 cm³/mol. The summed E-state index contributed by atoms with van der Waals surface area (Å²) < 4.78 is 26.8. The van der Waals surface area contributed by atoms with Crippen molar-refractivity contribution in [1.29, 1.82) is 0 Å². The first-order valence-electron chi connectivity index (χ1n) is 3.85. The Balaban J connectivity index is 2.81. The van der Waals surface area contributed by atoms with Crippen LogP contribution in [0.3, 0.4) is 0 Å². The smallest absolute Gasteiger partial charge is 0.264 e. The average molecular weight is 278 g/mol. The van der Waals surface area contributed by atoms with Crippen molar-refractivity contribution >= 4 is 42.4 Å². The van der Waals surface area contributed by atoms with E-state index >= 15 is 0 Å². The van der Waals surface area contributed by atoms with Crippen LogP contribution in [-0.4, -0.2) is 0 Å². The molecule has 1 nitrogen and oxygen atoms in total. The Bertz CT molecular complexity index is 481. The summed E-state index contributed by atoms with van der Waals surface area (Å²) in [6.45, 7) is 0. The molecule has 5 heteroatoms. The molecule has 2 rings (SSSR count). The van der Waals surface area contributed by atoms with Crippen molar-refractivity contribution in [2.75, 3.05) is 5.73 Å². The number of thiophene rings is 1. The van der Waals surface area contributed by atoms with E-state index in [0.29, 0.717) is 10.4 Å². The highest BCUT2D eigenvalue weighted by Crippen LogP contribution is 2.38. The van der Waals surface area contributed by atoms with Gasteiger partial charge in [-0.15, -0.1) is 11.3 Å². The van der Waals surface area contributed by atoms with Crippen LogP contribution in [0.2, 0.25) is 0 Å². The highest BCUT2D eigenvalue weighted by atomic mass is 79.9. The Labute approximate surface area is 91.7 Å². The molecule has 0 aliphatic heterocycles. The van der Waals surface area contributed by atoms with Gasteiger partial charge in [-0.25, -0.2) is 8.78 Å². The Morgan fingerprint density at radius 1 is 1.36 bits per heavy atom. The molecule has 1 heterocycles. The minimum absolute atomic E-state index is 0.0381. The summed E-state index contributed by atoms with van der Waals surface area (Å²) in [5, 5.41) is 1.09. The molecule has 0 aliphatic carbocycles. The SMILES string of the molecule is Nc1cc2c(C(F)F)ccc(Br)c2s1. The Kier molecular flexibility index (Phi) is 2.45. The van der Waals surface area contributed by atoms with Gasteiger partial charge in [0, 0.05) is 15.4 Å². The molecule has 0 atom stereocenters. The lowest BCUT2D eigenvalue weighted by molar-refractivity contribution is 0.153. The molecule has 0 unspecified atom stereocenters.